The zero-order valence-electron chi connectivity index (χ0n) is 14.5. The maximum absolute atomic E-state index is 11.2. The second kappa shape index (κ2) is 9.17. The van der Waals surface area contributed by atoms with Gasteiger partial charge < -0.3 is 15.8 Å². The minimum absolute atomic E-state index is 0.416. The van der Waals surface area contributed by atoms with Crippen LogP contribution in [0.4, 0.5) is 0 Å². The summed E-state index contributed by atoms with van der Waals surface area (Å²) in [4.78, 5) is 12.6. The lowest BCUT2D eigenvalue weighted by Gasteiger charge is -2.09. The highest BCUT2D eigenvalue weighted by Gasteiger charge is 2.03. The third-order valence-electron chi connectivity index (χ3n) is 4.01. The predicted molar refractivity (Wildman–Crippen MR) is 107 cm³/mol. The highest BCUT2D eigenvalue weighted by atomic mass is 32.1. The van der Waals surface area contributed by atoms with Crippen molar-refractivity contribution in [2.24, 2.45) is 5.73 Å². The molecule has 4 nitrogen and oxygen atoms in total. The first kappa shape index (κ1) is 18.2. The number of hydrogen-bond donors (Lipinski definition) is 2. The smallest absolute Gasteiger partial charge is 0.248 e. The third-order valence-corrected chi connectivity index (χ3v) is 4.95. The zero-order chi connectivity index (χ0) is 18.2. The first-order valence-electron chi connectivity index (χ1n) is 8.58. The minimum Gasteiger partial charge on any atom is -0.492 e. The molecule has 0 spiro atoms. The lowest BCUT2D eigenvalue weighted by molar-refractivity contribution is 0.100. The quantitative estimate of drug-likeness (QED) is 0.567. The summed E-state index contributed by atoms with van der Waals surface area (Å²) < 4.78 is 5.83. The van der Waals surface area contributed by atoms with E-state index in [1.165, 1.54) is 4.88 Å². The van der Waals surface area contributed by atoms with E-state index < -0.39 is 5.91 Å². The van der Waals surface area contributed by atoms with Crippen LogP contribution in [0.25, 0.3) is 11.1 Å². The fourth-order valence-electron chi connectivity index (χ4n) is 2.62. The molecule has 3 rings (SSSR count). The summed E-state index contributed by atoms with van der Waals surface area (Å²) in [6, 6.07) is 19.4. The number of carbonyl (C=O) groups excluding carboxylic acids is 1. The standard InChI is InChI=1S/C21H22N2O2S/c22-21(24)17-8-6-16(7-9-17)18-3-1-4-19(15-18)25-13-12-23-11-10-20-5-2-14-26-20/h1-9,14-15,23H,10-13H2,(H2,22,24). The summed E-state index contributed by atoms with van der Waals surface area (Å²) in [6.07, 6.45) is 1.05. The van der Waals surface area contributed by atoms with Gasteiger partial charge in [-0.15, -0.1) is 11.3 Å². The van der Waals surface area contributed by atoms with Crippen LogP contribution < -0.4 is 15.8 Å². The van der Waals surface area contributed by atoms with Crippen molar-refractivity contribution in [3.63, 3.8) is 0 Å². The topological polar surface area (TPSA) is 64.4 Å². The molecule has 0 aliphatic carbocycles. The Morgan fingerprint density at radius 1 is 1.00 bits per heavy atom. The average Bonchev–Trinajstić information content (AvgIpc) is 3.18. The van der Waals surface area contributed by atoms with Crippen molar-refractivity contribution >= 4 is 17.2 Å². The molecule has 0 aliphatic heterocycles. The number of rotatable bonds is 9. The van der Waals surface area contributed by atoms with Crippen molar-refractivity contribution in [2.75, 3.05) is 19.7 Å². The monoisotopic (exact) mass is 366 g/mol. The van der Waals surface area contributed by atoms with Crippen molar-refractivity contribution in [3.8, 4) is 16.9 Å². The van der Waals surface area contributed by atoms with Crippen molar-refractivity contribution in [3.05, 3.63) is 76.5 Å². The second-order valence-electron chi connectivity index (χ2n) is 5.90. The van der Waals surface area contributed by atoms with E-state index >= 15 is 0 Å². The predicted octanol–water partition coefficient (Wildman–Crippen LogP) is 3.73. The fourth-order valence-corrected chi connectivity index (χ4v) is 3.33. The van der Waals surface area contributed by atoms with E-state index in [0.717, 1.165) is 36.4 Å². The van der Waals surface area contributed by atoms with Gasteiger partial charge in [-0.3, -0.25) is 4.79 Å². The molecule has 0 bridgehead atoms. The summed E-state index contributed by atoms with van der Waals surface area (Å²) in [7, 11) is 0. The molecule has 3 N–H and O–H groups in total. The van der Waals surface area contributed by atoms with Crippen LogP contribution in [0.1, 0.15) is 15.2 Å². The minimum atomic E-state index is -0.416. The number of ether oxygens (including phenoxy) is 1. The van der Waals surface area contributed by atoms with Crippen molar-refractivity contribution in [2.45, 2.75) is 6.42 Å². The lowest BCUT2D eigenvalue weighted by Crippen LogP contribution is -2.23. The fraction of sp³-hybridized carbons (Fsp3) is 0.190. The molecule has 26 heavy (non-hydrogen) atoms. The van der Waals surface area contributed by atoms with E-state index in [4.69, 9.17) is 10.5 Å². The number of carbonyl (C=O) groups is 1. The SMILES string of the molecule is NC(=O)c1ccc(-c2cccc(OCCNCCc3cccs3)c2)cc1. The van der Waals surface area contributed by atoms with Crippen LogP contribution in [-0.2, 0) is 6.42 Å². The van der Waals surface area contributed by atoms with Crippen LogP contribution in [-0.4, -0.2) is 25.6 Å². The molecular formula is C21H22N2O2S. The van der Waals surface area contributed by atoms with Gasteiger partial charge >= 0.3 is 0 Å². The van der Waals surface area contributed by atoms with Gasteiger partial charge in [-0.05, 0) is 53.3 Å². The molecule has 5 heteroatoms. The number of nitrogens with two attached hydrogens (primary N) is 1. The highest BCUT2D eigenvalue weighted by Crippen LogP contribution is 2.24. The Hall–Kier alpha value is -2.63. The molecule has 0 saturated carbocycles. The van der Waals surface area contributed by atoms with E-state index in [1.807, 2.05) is 36.4 Å². The second-order valence-corrected chi connectivity index (χ2v) is 6.93. The highest BCUT2D eigenvalue weighted by molar-refractivity contribution is 7.09. The summed E-state index contributed by atoms with van der Waals surface area (Å²) in [5.41, 5.74) is 7.86. The molecule has 2 aromatic carbocycles. The van der Waals surface area contributed by atoms with Crippen LogP contribution >= 0.6 is 11.3 Å². The van der Waals surface area contributed by atoms with Crippen molar-refractivity contribution in [1.29, 1.82) is 0 Å². The first-order valence-corrected chi connectivity index (χ1v) is 9.46. The molecule has 134 valence electrons. The molecule has 1 aromatic heterocycles. The van der Waals surface area contributed by atoms with Gasteiger partial charge in [0.2, 0.25) is 5.91 Å². The Morgan fingerprint density at radius 3 is 2.58 bits per heavy atom. The van der Waals surface area contributed by atoms with Crippen LogP contribution in [0.15, 0.2) is 66.0 Å². The van der Waals surface area contributed by atoms with Gasteiger partial charge in [-0.25, -0.2) is 0 Å². The number of amides is 1. The van der Waals surface area contributed by atoms with Crippen LogP contribution in [0.2, 0.25) is 0 Å². The van der Waals surface area contributed by atoms with Gasteiger partial charge in [-0.1, -0.05) is 30.3 Å². The molecular weight excluding hydrogens is 344 g/mol. The molecule has 0 aliphatic rings. The maximum Gasteiger partial charge on any atom is 0.248 e. The molecule has 1 amide bonds. The molecule has 0 radical (unpaired) electrons. The Labute approximate surface area is 157 Å². The molecule has 3 aromatic rings. The van der Waals surface area contributed by atoms with Gasteiger partial charge in [0.05, 0.1) is 0 Å². The molecule has 1 heterocycles. The van der Waals surface area contributed by atoms with Gasteiger partial charge in [0, 0.05) is 23.5 Å². The first-order chi connectivity index (χ1) is 12.7. The van der Waals surface area contributed by atoms with Gasteiger partial charge in [0.1, 0.15) is 12.4 Å². The number of benzene rings is 2. The molecule has 0 atom stereocenters. The van der Waals surface area contributed by atoms with E-state index in [2.05, 4.69) is 22.8 Å². The summed E-state index contributed by atoms with van der Waals surface area (Å²) in [6.45, 7) is 2.38. The third kappa shape index (κ3) is 5.18. The number of primary amides is 1. The van der Waals surface area contributed by atoms with Gasteiger partial charge in [0.25, 0.3) is 0 Å². The van der Waals surface area contributed by atoms with Gasteiger partial charge in [-0.2, -0.15) is 0 Å². The van der Waals surface area contributed by atoms with Gasteiger partial charge in [0.15, 0.2) is 0 Å². The van der Waals surface area contributed by atoms with Crippen molar-refractivity contribution in [1.82, 2.24) is 5.32 Å². The number of hydrogen-bond acceptors (Lipinski definition) is 4. The van der Waals surface area contributed by atoms with Crippen LogP contribution in [0.5, 0.6) is 5.75 Å². The molecule has 0 saturated heterocycles. The molecule has 0 fully saturated rings. The Kier molecular flexibility index (Phi) is 6.41. The van der Waals surface area contributed by atoms with E-state index in [-0.39, 0.29) is 0 Å². The van der Waals surface area contributed by atoms with Crippen molar-refractivity contribution < 1.29 is 9.53 Å². The Bertz CT molecular complexity index is 829. The molecule has 0 unspecified atom stereocenters. The summed E-state index contributed by atoms with van der Waals surface area (Å²) in [5.74, 6) is 0.418. The largest absolute Gasteiger partial charge is 0.492 e. The zero-order valence-corrected chi connectivity index (χ0v) is 15.3. The average molecular weight is 366 g/mol. The normalized spacial score (nSPS) is 10.6. The summed E-state index contributed by atoms with van der Waals surface area (Å²) in [5, 5.41) is 5.50. The number of thiophene rings is 1. The van der Waals surface area contributed by atoms with Crippen LogP contribution in [0, 0.1) is 0 Å². The number of nitrogens with one attached hydrogen (secondary N) is 1. The maximum atomic E-state index is 11.2. The van der Waals surface area contributed by atoms with E-state index in [1.54, 1.807) is 23.5 Å². The van der Waals surface area contributed by atoms with Crippen LogP contribution in [0.3, 0.4) is 0 Å². The lowest BCUT2D eigenvalue weighted by atomic mass is 10.0. The summed E-state index contributed by atoms with van der Waals surface area (Å²) >= 11 is 1.79. The Balaban J connectivity index is 1.47. The van der Waals surface area contributed by atoms with E-state index in [9.17, 15) is 4.79 Å². The Morgan fingerprint density at radius 2 is 1.85 bits per heavy atom. The van der Waals surface area contributed by atoms with E-state index in [0.29, 0.717) is 12.2 Å².